The Morgan fingerprint density at radius 2 is 2.14 bits per heavy atom. The van der Waals surface area contributed by atoms with Gasteiger partial charge in [-0.05, 0) is 19.1 Å². The number of nitrogens with one attached hydrogen (secondary N) is 1. The van der Waals surface area contributed by atoms with Crippen LogP contribution in [0.3, 0.4) is 0 Å². The molecule has 3 aromatic rings. The van der Waals surface area contributed by atoms with Crippen LogP contribution in [0, 0.1) is 0 Å². The highest BCUT2D eigenvalue weighted by molar-refractivity contribution is 5.70. The third-order valence-corrected chi connectivity index (χ3v) is 3.19. The lowest BCUT2D eigenvalue weighted by Gasteiger charge is -2.07. The van der Waals surface area contributed by atoms with Gasteiger partial charge >= 0.3 is 0 Å². The number of rotatable bonds is 4. The molecule has 3 N–H and O–H groups in total. The van der Waals surface area contributed by atoms with Crippen molar-refractivity contribution >= 4 is 5.65 Å². The van der Waals surface area contributed by atoms with Crippen LogP contribution in [0.2, 0.25) is 0 Å². The van der Waals surface area contributed by atoms with Gasteiger partial charge in [0, 0.05) is 24.2 Å². The molecule has 3 rings (SSSR count). The molecule has 0 aliphatic carbocycles. The van der Waals surface area contributed by atoms with Crippen molar-refractivity contribution in [2.45, 2.75) is 13.5 Å². The second kappa shape index (κ2) is 5.41. The average molecular weight is 284 g/mol. The third-order valence-electron chi connectivity index (χ3n) is 3.19. The van der Waals surface area contributed by atoms with Crippen LogP contribution in [0.5, 0.6) is 5.75 Å². The average Bonchev–Trinajstić information content (AvgIpc) is 2.92. The molecular weight excluding hydrogens is 268 g/mol. The molecule has 2 aromatic heterocycles. The van der Waals surface area contributed by atoms with Gasteiger partial charge in [-0.1, -0.05) is 12.1 Å². The Morgan fingerprint density at radius 1 is 1.33 bits per heavy atom. The van der Waals surface area contributed by atoms with E-state index in [1.807, 2.05) is 37.3 Å². The van der Waals surface area contributed by atoms with E-state index >= 15 is 0 Å². The molecule has 0 bridgehead atoms. The van der Waals surface area contributed by atoms with Crippen molar-refractivity contribution in [1.29, 1.82) is 0 Å². The first-order chi connectivity index (χ1) is 10.2. The number of H-pyrrole nitrogens is 1. The molecule has 6 nitrogen and oxygen atoms in total. The number of hydrogen-bond donors (Lipinski definition) is 2. The number of nitrogens with zero attached hydrogens (tertiary/aromatic N) is 2. The van der Waals surface area contributed by atoms with Crippen molar-refractivity contribution in [2.75, 3.05) is 6.61 Å². The van der Waals surface area contributed by atoms with Crippen LogP contribution >= 0.6 is 0 Å². The van der Waals surface area contributed by atoms with Crippen LogP contribution in [0.4, 0.5) is 0 Å². The van der Waals surface area contributed by atoms with Crippen LogP contribution in [-0.2, 0) is 6.54 Å². The van der Waals surface area contributed by atoms with Crippen molar-refractivity contribution < 1.29 is 4.74 Å². The summed E-state index contributed by atoms with van der Waals surface area (Å²) in [6, 6.07) is 10.9. The molecule has 0 aliphatic heterocycles. The van der Waals surface area contributed by atoms with Crippen LogP contribution in [0.15, 0.2) is 41.2 Å². The van der Waals surface area contributed by atoms with E-state index in [1.165, 1.54) is 10.6 Å². The second-order valence-corrected chi connectivity index (χ2v) is 4.58. The fourth-order valence-corrected chi connectivity index (χ4v) is 2.25. The van der Waals surface area contributed by atoms with Gasteiger partial charge in [0.05, 0.1) is 18.0 Å². The number of para-hydroxylation sites is 1. The predicted octanol–water partition coefficient (Wildman–Crippen LogP) is 1.55. The number of aromatic amines is 1. The summed E-state index contributed by atoms with van der Waals surface area (Å²) in [5, 5.41) is 3.05. The van der Waals surface area contributed by atoms with Gasteiger partial charge in [-0.25, -0.2) is 9.50 Å². The zero-order valence-corrected chi connectivity index (χ0v) is 11.7. The van der Waals surface area contributed by atoms with Crippen molar-refractivity contribution in [2.24, 2.45) is 5.73 Å². The topological polar surface area (TPSA) is 85.4 Å². The van der Waals surface area contributed by atoms with Crippen molar-refractivity contribution in [3.05, 3.63) is 52.4 Å². The molecule has 0 amide bonds. The Balaban J connectivity index is 2.18. The van der Waals surface area contributed by atoms with Gasteiger partial charge in [-0.3, -0.25) is 9.89 Å². The first kappa shape index (κ1) is 13.4. The van der Waals surface area contributed by atoms with Gasteiger partial charge in [0.15, 0.2) is 5.65 Å². The molecule has 0 saturated heterocycles. The van der Waals surface area contributed by atoms with E-state index in [4.69, 9.17) is 10.5 Å². The summed E-state index contributed by atoms with van der Waals surface area (Å²) in [4.78, 5) is 16.4. The molecule has 0 fully saturated rings. The Morgan fingerprint density at radius 3 is 2.90 bits per heavy atom. The largest absolute Gasteiger partial charge is 0.493 e. The fourth-order valence-electron chi connectivity index (χ4n) is 2.25. The summed E-state index contributed by atoms with van der Waals surface area (Å²) in [6.45, 7) is 2.75. The maximum Gasteiger partial charge on any atom is 0.272 e. The summed E-state index contributed by atoms with van der Waals surface area (Å²) < 4.78 is 7.01. The van der Waals surface area contributed by atoms with Crippen LogP contribution in [0.25, 0.3) is 16.9 Å². The third kappa shape index (κ3) is 2.41. The zero-order valence-electron chi connectivity index (χ0n) is 11.7. The fraction of sp³-hybridized carbons (Fsp3) is 0.200. The van der Waals surface area contributed by atoms with E-state index in [2.05, 4.69) is 10.1 Å². The summed E-state index contributed by atoms with van der Waals surface area (Å²) in [6.07, 6.45) is 0. The second-order valence-electron chi connectivity index (χ2n) is 4.58. The van der Waals surface area contributed by atoms with Gasteiger partial charge in [-0.15, -0.1) is 0 Å². The molecule has 21 heavy (non-hydrogen) atoms. The summed E-state index contributed by atoms with van der Waals surface area (Å²) >= 11 is 0. The highest BCUT2D eigenvalue weighted by atomic mass is 16.5. The molecule has 0 atom stereocenters. The van der Waals surface area contributed by atoms with Crippen LogP contribution in [-0.4, -0.2) is 21.2 Å². The Labute approximate surface area is 121 Å². The Bertz CT molecular complexity index is 835. The van der Waals surface area contributed by atoms with Crippen molar-refractivity contribution in [3.63, 3.8) is 0 Å². The van der Waals surface area contributed by atoms with Crippen LogP contribution < -0.4 is 16.0 Å². The van der Waals surface area contributed by atoms with Crippen molar-refractivity contribution in [1.82, 2.24) is 14.6 Å². The van der Waals surface area contributed by atoms with Crippen LogP contribution in [0.1, 0.15) is 12.6 Å². The van der Waals surface area contributed by atoms with Gasteiger partial charge in [0.25, 0.3) is 5.56 Å². The van der Waals surface area contributed by atoms with E-state index in [9.17, 15) is 4.79 Å². The highest BCUT2D eigenvalue weighted by Gasteiger charge is 2.11. The smallest absolute Gasteiger partial charge is 0.272 e. The number of hydrogen-bond acceptors (Lipinski definition) is 4. The normalized spacial score (nSPS) is 11.0. The number of fused-ring (bicyclic) bond motifs is 1. The van der Waals surface area contributed by atoms with E-state index < -0.39 is 0 Å². The van der Waals surface area contributed by atoms with Gasteiger partial charge in [0.1, 0.15) is 5.75 Å². The molecular formula is C15H16N4O2. The van der Waals surface area contributed by atoms with E-state index in [0.717, 1.165) is 17.0 Å². The molecule has 0 aliphatic rings. The first-order valence-corrected chi connectivity index (χ1v) is 6.77. The number of ether oxygens (including phenoxy) is 1. The monoisotopic (exact) mass is 284 g/mol. The highest BCUT2D eigenvalue weighted by Crippen LogP contribution is 2.28. The minimum atomic E-state index is -0.180. The lowest BCUT2D eigenvalue weighted by molar-refractivity contribution is 0.341. The zero-order chi connectivity index (χ0) is 14.8. The molecule has 6 heteroatoms. The molecule has 2 heterocycles. The quantitative estimate of drug-likeness (QED) is 0.761. The SMILES string of the molecule is CCOc1ccccc1-c1cc2nc(CN)cc(=O)n2[nH]1. The summed E-state index contributed by atoms with van der Waals surface area (Å²) in [7, 11) is 0. The minimum absolute atomic E-state index is 0.180. The molecule has 1 aromatic carbocycles. The molecule has 0 radical (unpaired) electrons. The number of benzene rings is 1. The summed E-state index contributed by atoms with van der Waals surface area (Å²) in [5.74, 6) is 0.763. The standard InChI is InChI=1S/C15H16N4O2/c1-2-21-13-6-4-3-5-11(13)12-8-14-17-10(9-16)7-15(20)19(14)18-12/h3-8,18H,2,9,16H2,1H3. The van der Waals surface area contributed by atoms with E-state index in [0.29, 0.717) is 17.9 Å². The minimum Gasteiger partial charge on any atom is -0.493 e. The first-order valence-electron chi connectivity index (χ1n) is 6.77. The maximum atomic E-state index is 12.0. The van der Waals surface area contributed by atoms with E-state index in [-0.39, 0.29) is 12.1 Å². The maximum absolute atomic E-state index is 12.0. The summed E-state index contributed by atoms with van der Waals surface area (Å²) in [5.41, 5.74) is 8.15. The van der Waals surface area contributed by atoms with Gasteiger partial charge in [-0.2, -0.15) is 0 Å². The molecule has 108 valence electrons. The predicted molar refractivity (Wildman–Crippen MR) is 80.3 cm³/mol. The lowest BCUT2D eigenvalue weighted by atomic mass is 10.1. The van der Waals surface area contributed by atoms with Gasteiger partial charge < -0.3 is 10.5 Å². The molecule has 0 saturated carbocycles. The van der Waals surface area contributed by atoms with E-state index in [1.54, 1.807) is 0 Å². The molecule has 0 unspecified atom stereocenters. The Kier molecular flexibility index (Phi) is 3.45. The van der Waals surface area contributed by atoms with Gasteiger partial charge in [0.2, 0.25) is 0 Å². The number of nitrogens with two attached hydrogens (primary N) is 1. The Hall–Kier alpha value is -2.60. The lowest BCUT2D eigenvalue weighted by Crippen LogP contribution is -2.16. The van der Waals surface area contributed by atoms with Crippen molar-refractivity contribution in [3.8, 4) is 17.0 Å². The number of aromatic nitrogens is 3. The molecule has 0 spiro atoms.